The highest BCUT2D eigenvalue weighted by atomic mass is 16.5. The number of aromatic amines is 1. The van der Waals surface area contributed by atoms with E-state index >= 15 is 0 Å². The molecule has 71 valence electrons. The second-order valence-electron chi connectivity index (χ2n) is 2.97. The van der Waals surface area contributed by atoms with Crippen LogP contribution < -0.4 is 4.74 Å². The van der Waals surface area contributed by atoms with E-state index in [-0.39, 0.29) is 0 Å². The number of hydrogen-bond donors (Lipinski definition) is 1. The molecule has 0 saturated heterocycles. The van der Waals surface area contributed by atoms with Gasteiger partial charge in [0.25, 0.3) is 0 Å². The van der Waals surface area contributed by atoms with Crippen molar-refractivity contribution in [1.82, 2.24) is 9.97 Å². The number of ether oxygens (including phenoxy) is 1. The molecule has 1 radical (unpaired) electrons. The lowest BCUT2D eigenvalue weighted by molar-refractivity contribution is 0.297. The van der Waals surface area contributed by atoms with Gasteiger partial charge in [-0.1, -0.05) is 12.1 Å². The quantitative estimate of drug-likeness (QED) is 0.799. The van der Waals surface area contributed by atoms with Gasteiger partial charge in [0.15, 0.2) is 0 Å². The lowest BCUT2D eigenvalue weighted by Gasteiger charge is -2.04. The van der Waals surface area contributed by atoms with Crippen LogP contribution in [0.2, 0.25) is 0 Å². The fourth-order valence-corrected chi connectivity index (χ4v) is 1.16. The van der Waals surface area contributed by atoms with Gasteiger partial charge in [-0.3, -0.25) is 0 Å². The van der Waals surface area contributed by atoms with Crippen molar-refractivity contribution in [3.63, 3.8) is 0 Å². The molecule has 2 rings (SSSR count). The van der Waals surface area contributed by atoms with Crippen molar-refractivity contribution in [2.45, 2.75) is 6.61 Å². The highest BCUT2D eigenvalue weighted by Crippen LogP contribution is 2.13. The molecule has 3 heteroatoms. The molecule has 3 nitrogen and oxygen atoms in total. The van der Waals surface area contributed by atoms with Gasteiger partial charge in [0, 0.05) is 12.4 Å². The number of hydrogen-bond acceptors (Lipinski definition) is 2. The summed E-state index contributed by atoms with van der Waals surface area (Å²) in [5, 5.41) is 0. The van der Waals surface area contributed by atoms with Crippen LogP contribution >= 0.6 is 0 Å². The molecule has 0 fully saturated rings. The number of aromatic nitrogens is 2. The minimum Gasteiger partial charge on any atom is -0.486 e. The molecule has 0 unspecified atom stereocenters. The number of nitrogens with one attached hydrogen (secondary N) is 1. The van der Waals surface area contributed by atoms with Crippen molar-refractivity contribution in [2.24, 2.45) is 0 Å². The van der Waals surface area contributed by atoms with Crippen molar-refractivity contribution in [3.05, 3.63) is 55.0 Å². The van der Waals surface area contributed by atoms with Crippen LogP contribution in [0.25, 0.3) is 0 Å². The van der Waals surface area contributed by atoms with Crippen molar-refractivity contribution < 1.29 is 4.74 Å². The van der Waals surface area contributed by atoms with Crippen LogP contribution in [-0.4, -0.2) is 9.97 Å². The molecule has 0 aliphatic rings. The summed E-state index contributed by atoms with van der Waals surface area (Å²) < 4.78 is 5.50. The van der Waals surface area contributed by atoms with Crippen LogP contribution in [0.5, 0.6) is 5.75 Å². The summed E-state index contributed by atoms with van der Waals surface area (Å²) in [6.45, 7) is 4.28. The van der Waals surface area contributed by atoms with Crippen LogP contribution in [0.15, 0.2) is 36.7 Å². The van der Waals surface area contributed by atoms with Gasteiger partial charge in [0.05, 0.1) is 0 Å². The van der Waals surface area contributed by atoms with E-state index in [1.54, 1.807) is 12.4 Å². The normalized spacial score (nSPS) is 10.1. The van der Waals surface area contributed by atoms with E-state index < -0.39 is 0 Å². The van der Waals surface area contributed by atoms with Crippen molar-refractivity contribution in [3.8, 4) is 5.75 Å². The summed E-state index contributed by atoms with van der Waals surface area (Å²) in [7, 11) is 0. The zero-order chi connectivity index (χ0) is 9.80. The zero-order valence-electron chi connectivity index (χ0n) is 7.73. The summed E-state index contributed by atoms with van der Waals surface area (Å²) in [5.74, 6) is 1.63. The monoisotopic (exact) mass is 187 g/mol. The van der Waals surface area contributed by atoms with Crippen LogP contribution in [0, 0.1) is 6.92 Å². The van der Waals surface area contributed by atoms with Crippen molar-refractivity contribution in [1.29, 1.82) is 0 Å². The Balaban J connectivity index is 1.98. The molecule has 0 amide bonds. The van der Waals surface area contributed by atoms with Crippen LogP contribution in [0.1, 0.15) is 11.4 Å². The number of imidazole rings is 1. The third-order valence-electron chi connectivity index (χ3n) is 1.83. The molecule has 1 aromatic carbocycles. The highest BCUT2D eigenvalue weighted by molar-refractivity contribution is 5.29. The number of nitrogens with zero attached hydrogens (tertiary/aromatic N) is 1. The maximum absolute atomic E-state index is 5.50. The lowest BCUT2D eigenvalue weighted by atomic mass is 10.2. The standard InChI is InChI=1S/C11H11N2O/c1-9-3-2-4-10(7-9)14-8-11-12-5-6-13-11/h2-7H,1,8H2,(H,12,13). The molecule has 0 aliphatic carbocycles. The number of benzene rings is 1. The predicted octanol–water partition coefficient (Wildman–Crippen LogP) is 2.17. The van der Waals surface area contributed by atoms with Gasteiger partial charge < -0.3 is 9.72 Å². The van der Waals surface area contributed by atoms with Gasteiger partial charge in [-0.25, -0.2) is 4.98 Å². The van der Waals surface area contributed by atoms with E-state index in [9.17, 15) is 0 Å². The predicted molar refractivity (Wildman–Crippen MR) is 53.8 cm³/mol. The maximum Gasteiger partial charge on any atom is 0.146 e. The molecule has 1 N–H and O–H groups in total. The van der Waals surface area contributed by atoms with Crippen LogP contribution in [0.4, 0.5) is 0 Å². The summed E-state index contributed by atoms with van der Waals surface area (Å²) in [5.41, 5.74) is 0.946. The Morgan fingerprint density at radius 3 is 3.07 bits per heavy atom. The van der Waals surface area contributed by atoms with E-state index in [2.05, 4.69) is 16.9 Å². The molecular weight excluding hydrogens is 176 g/mol. The summed E-state index contributed by atoms with van der Waals surface area (Å²) in [4.78, 5) is 7.03. The average Bonchev–Trinajstić information content (AvgIpc) is 2.67. The summed E-state index contributed by atoms with van der Waals surface area (Å²) in [6, 6.07) is 7.64. The Kier molecular flexibility index (Phi) is 2.49. The minimum atomic E-state index is 0.455. The molecule has 1 aromatic heterocycles. The van der Waals surface area contributed by atoms with Gasteiger partial charge in [-0.15, -0.1) is 0 Å². The minimum absolute atomic E-state index is 0.455. The van der Waals surface area contributed by atoms with Gasteiger partial charge in [-0.05, 0) is 24.6 Å². The topological polar surface area (TPSA) is 37.9 Å². The van der Waals surface area contributed by atoms with Crippen LogP contribution in [0.3, 0.4) is 0 Å². The second-order valence-corrected chi connectivity index (χ2v) is 2.97. The first-order chi connectivity index (χ1) is 6.84. The Morgan fingerprint density at radius 2 is 2.36 bits per heavy atom. The van der Waals surface area contributed by atoms with E-state index in [1.807, 2.05) is 24.3 Å². The molecule has 0 saturated carbocycles. The Labute approximate surface area is 82.8 Å². The summed E-state index contributed by atoms with van der Waals surface area (Å²) >= 11 is 0. The van der Waals surface area contributed by atoms with E-state index in [1.165, 1.54) is 0 Å². The first-order valence-electron chi connectivity index (χ1n) is 4.38. The van der Waals surface area contributed by atoms with E-state index in [0.29, 0.717) is 6.61 Å². The van der Waals surface area contributed by atoms with E-state index in [4.69, 9.17) is 4.74 Å². The van der Waals surface area contributed by atoms with Crippen molar-refractivity contribution >= 4 is 0 Å². The molecule has 0 atom stereocenters. The van der Waals surface area contributed by atoms with E-state index in [0.717, 1.165) is 17.1 Å². The van der Waals surface area contributed by atoms with Gasteiger partial charge in [-0.2, -0.15) is 0 Å². The SMILES string of the molecule is [CH2]c1cccc(OCc2ncc[nH]2)c1. The van der Waals surface area contributed by atoms with Crippen LogP contribution in [-0.2, 0) is 6.61 Å². The zero-order valence-corrected chi connectivity index (χ0v) is 7.73. The molecule has 14 heavy (non-hydrogen) atoms. The first-order valence-corrected chi connectivity index (χ1v) is 4.38. The maximum atomic E-state index is 5.50. The average molecular weight is 187 g/mol. The molecule has 0 spiro atoms. The largest absolute Gasteiger partial charge is 0.486 e. The third kappa shape index (κ3) is 2.13. The fourth-order valence-electron chi connectivity index (χ4n) is 1.16. The lowest BCUT2D eigenvalue weighted by Crippen LogP contribution is -1.97. The molecule has 0 bridgehead atoms. The molecule has 1 heterocycles. The summed E-state index contributed by atoms with van der Waals surface area (Å²) in [6.07, 6.45) is 3.48. The number of H-pyrrole nitrogens is 1. The smallest absolute Gasteiger partial charge is 0.146 e. The third-order valence-corrected chi connectivity index (χ3v) is 1.83. The van der Waals surface area contributed by atoms with Gasteiger partial charge in [0.2, 0.25) is 0 Å². The van der Waals surface area contributed by atoms with Crippen molar-refractivity contribution in [2.75, 3.05) is 0 Å². The first kappa shape index (κ1) is 8.81. The Bertz CT molecular complexity index is 395. The molecule has 2 aromatic rings. The fraction of sp³-hybridized carbons (Fsp3) is 0.0909. The molecular formula is C11H11N2O. The van der Waals surface area contributed by atoms with Gasteiger partial charge in [0.1, 0.15) is 18.2 Å². The number of rotatable bonds is 3. The van der Waals surface area contributed by atoms with Gasteiger partial charge >= 0.3 is 0 Å². The molecule has 0 aliphatic heterocycles. The highest BCUT2D eigenvalue weighted by Gasteiger charge is 1.96. The Hall–Kier alpha value is -1.77. The second kappa shape index (κ2) is 3.96. The Morgan fingerprint density at radius 1 is 1.43 bits per heavy atom.